The van der Waals surface area contributed by atoms with E-state index in [1.165, 1.54) is 0 Å². The molecule has 0 aliphatic carbocycles. The molecule has 0 radical (unpaired) electrons. The quantitative estimate of drug-likeness (QED) is 0.664. The van der Waals surface area contributed by atoms with E-state index in [2.05, 4.69) is 4.74 Å². The molecule has 1 aromatic carbocycles. The van der Waals surface area contributed by atoms with Crippen molar-refractivity contribution in [2.24, 2.45) is 0 Å². The standard InChI is InChI=1S/C11H13F3N2O4S/c1-16(6-11(12,13)14)21(18,19)9-4-3-7(5-8(9)15)10(17)20-2/h3-5H,6,15H2,1-2H3. The zero-order valence-corrected chi connectivity index (χ0v) is 12.0. The number of carbonyl (C=O) groups excluding carboxylic acids is 1. The Bertz CT molecular complexity index is 643. The van der Waals surface area contributed by atoms with Gasteiger partial charge in [0, 0.05) is 7.05 Å². The number of carbonyl (C=O) groups is 1. The maximum Gasteiger partial charge on any atom is 0.402 e. The third kappa shape index (κ3) is 4.08. The fraction of sp³-hybridized carbons (Fsp3) is 0.364. The van der Waals surface area contributed by atoms with Crippen molar-refractivity contribution in [3.05, 3.63) is 23.8 Å². The van der Waals surface area contributed by atoms with Crippen molar-refractivity contribution in [1.29, 1.82) is 0 Å². The number of anilines is 1. The lowest BCUT2D eigenvalue weighted by atomic mass is 10.2. The van der Waals surface area contributed by atoms with Crippen molar-refractivity contribution in [3.63, 3.8) is 0 Å². The van der Waals surface area contributed by atoms with Gasteiger partial charge in [-0.05, 0) is 18.2 Å². The second-order valence-electron chi connectivity index (χ2n) is 4.12. The molecule has 0 saturated carbocycles. The Kier molecular flexibility index (Phi) is 4.84. The Morgan fingerprint density at radius 2 is 1.95 bits per heavy atom. The maximum absolute atomic E-state index is 12.3. The first-order chi connectivity index (χ1) is 9.49. The molecule has 0 atom stereocenters. The number of methoxy groups -OCH3 is 1. The van der Waals surface area contributed by atoms with Gasteiger partial charge in [0.1, 0.15) is 11.4 Å². The van der Waals surface area contributed by atoms with Crippen LogP contribution in [0.1, 0.15) is 10.4 Å². The summed E-state index contributed by atoms with van der Waals surface area (Å²) < 4.78 is 65.4. The molecule has 10 heteroatoms. The van der Waals surface area contributed by atoms with Crippen LogP contribution in [-0.2, 0) is 14.8 Å². The predicted octanol–water partition coefficient (Wildman–Crippen LogP) is 1.24. The van der Waals surface area contributed by atoms with E-state index in [9.17, 15) is 26.4 Å². The number of nitrogen functional groups attached to an aromatic ring is 1. The van der Waals surface area contributed by atoms with Gasteiger partial charge in [-0.3, -0.25) is 0 Å². The highest BCUT2D eigenvalue weighted by Gasteiger charge is 2.35. The molecular formula is C11H13F3N2O4S. The number of esters is 1. The molecule has 0 aromatic heterocycles. The highest BCUT2D eigenvalue weighted by Crippen LogP contribution is 2.25. The van der Waals surface area contributed by atoms with Crippen LogP contribution in [0.5, 0.6) is 0 Å². The van der Waals surface area contributed by atoms with E-state index in [0.29, 0.717) is 0 Å². The largest absolute Gasteiger partial charge is 0.465 e. The van der Waals surface area contributed by atoms with E-state index >= 15 is 0 Å². The number of halogens is 3. The van der Waals surface area contributed by atoms with Crippen molar-refractivity contribution < 1.29 is 31.1 Å². The van der Waals surface area contributed by atoms with Crippen LogP contribution in [0.15, 0.2) is 23.1 Å². The average Bonchev–Trinajstić information content (AvgIpc) is 2.35. The van der Waals surface area contributed by atoms with Gasteiger partial charge in [-0.2, -0.15) is 17.5 Å². The third-order valence-electron chi connectivity index (χ3n) is 2.52. The molecule has 1 rings (SSSR count). The first kappa shape index (κ1) is 17.2. The molecule has 0 fully saturated rings. The van der Waals surface area contributed by atoms with Crippen LogP contribution in [0.3, 0.4) is 0 Å². The van der Waals surface area contributed by atoms with Gasteiger partial charge in [-0.25, -0.2) is 13.2 Å². The van der Waals surface area contributed by atoms with Crippen LogP contribution < -0.4 is 5.73 Å². The minimum atomic E-state index is -4.68. The summed E-state index contributed by atoms with van der Waals surface area (Å²) in [4.78, 5) is 10.7. The minimum Gasteiger partial charge on any atom is -0.465 e. The molecule has 0 saturated heterocycles. The zero-order chi connectivity index (χ0) is 16.4. The maximum atomic E-state index is 12.3. The molecule has 0 aliphatic rings. The number of nitrogens with two attached hydrogens (primary N) is 1. The van der Waals surface area contributed by atoms with Gasteiger partial charge in [-0.15, -0.1) is 0 Å². The first-order valence-corrected chi connectivity index (χ1v) is 6.94. The lowest BCUT2D eigenvalue weighted by Crippen LogP contribution is -2.36. The van der Waals surface area contributed by atoms with Crippen molar-refractivity contribution in [2.45, 2.75) is 11.1 Å². The molecular weight excluding hydrogens is 313 g/mol. The molecule has 0 unspecified atom stereocenters. The molecule has 0 amide bonds. The smallest absolute Gasteiger partial charge is 0.402 e. The van der Waals surface area contributed by atoms with Gasteiger partial charge in [0.05, 0.1) is 18.4 Å². The van der Waals surface area contributed by atoms with E-state index in [4.69, 9.17) is 5.73 Å². The van der Waals surface area contributed by atoms with Crippen LogP contribution in [-0.4, -0.2) is 45.6 Å². The van der Waals surface area contributed by atoms with Crippen LogP contribution >= 0.6 is 0 Å². The summed E-state index contributed by atoms with van der Waals surface area (Å²) in [5.41, 5.74) is 5.16. The second-order valence-corrected chi connectivity index (χ2v) is 6.13. The Morgan fingerprint density at radius 3 is 2.38 bits per heavy atom. The summed E-state index contributed by atoms with van der Waals surface area (Å²) in [6.45, 7) is -1.65. The van der Waals surface area contributed by atoms with Gasteiger partial charge in [0.15, 0.2) is 0 Å². The van der Waals surface area contributed by atoms with Crippen molar-refractivity contribution in [1.82, 2.24) is 4.31 Å². The summed E-state index contributed by atoms with van der Waals surface area (Å²) in [7, 11) is -2.50. The second kappa shape index (κ2) is 5.90. The molecule has 0 aliphatic heterocycles. The Hall–Kier alpha value is -1.81. The number of hydrogen-bond acceptors (Lipinski definition) is 5. The van der Waals surface area contributed by atoms with Gasteiger partial charge in [0.25, 0.3) is 0 Å². The van der Waals surface area contributed by atoms with Gasteiger partial charge in [-0.1, -0.05) is 0 Å². The molecule has 1 aromatic rings. The van der Waals surface area contributed by atoms with Crippen molar-refractivity contribution in [3.8, 4) is 0 Å². The fourth-order valence-corrected chi connectivity index (χ4v) is 2.78. The Balaban J connectivity index is 3.18. The minimum absolute atomic E-state index is 0.00701. The summed E-state index contributed by atoms with van der Waals surface area (Å²) >= 11 is 0. The van der Waals surface area contributed by atoms with E-state index < -0.39 is 33.6 Å². The van der Waals surface area contributed by atoms with E-state index in [1.807, 2.05) is 0 Å². The number of rotatable bonds is 4. The third-order valence-corrected chi connectivity index (χ3v) is 4.40. The first-order valence-electron chi connectivity index (χ1n) is 5.50. The lowest BCUT2D eigenvalue weighted by molar-refractivity contribution is -0.134. The van der Waals surface area contributed by atoms with Crippen LogP contribution in [0, 0.1) is 0 Å². The zero-order valence-electron chi connectivity index (χ0n) is 11.1. The van der Waals surface area contributed by atoms with Gasteiger partial charge in [0.2, 0.25) is 10.0 Å². The van der Waals surface area contributed by atoms with Crippen molar-refractivity contribution in [2.75, 3.05) is 26.4 Å². The molecule has 6 nitrogen and oxygen atoms in total. The van der Waals surface area contributed by atoms with E-state index in [-0.39, 0.29) is 15.6 Å². The fourth-order valence-electron chi connectivity index (χ4n) is 1.53. The summed E-state index contributed by atoms with van der Waals surface area (Å²) in [6, 6.07) is 3.10. The summed E-state index contributed by atoms with van der Waals surface area (Å²) in [6.07, 6.45) is -4.68. The van der Waals surface area contributed by atoms with Gasteiger partial charge < -0.3 is 10.5 Å². The normalized spacial score (nSPS) is 12.5. The highest BCUT2D eigenvalue weighted by molar-refractivity contribution is 7.89. The van der Waals surface area contributed by atoms with Crippen LogP contribution in [0.4, 0.5) is 18.9 Å². The molecule has 2 N–H and O–H groups in total. The topological polar surface area (TPSA) is 89.7 Å². The van der Waals surface area contributed by atoms with Crippen molar-refractivity contribution >= 4 is 21.7 Å². The summed E-state index contributed by atoms with van der Waals surface area (Å²) in [5, 5.41) is 0. The van der Waals surface area contributed by atoms with E-state index in [1.54, 1.807) is 0 Å². The number of hydrogen-bond donors (Lipinski definition) is 1. The molecule has 0 spiro atoms. The number of benzene rings is 1. The molecule has 0 bridgehead atoms. The number of sulfonamides is 1. The molecule has 118 valence electrons. The Morgan fingerprint density at radius 1 is 1.38 bits per heavy atom. The SMILES string of the molecule is COC(=O)c1ccc(S(=O)(=O)N(C)CC(F)(F)F)c(N)c1. The predicted molar refractivity (Wildman–Crippen MR) is 68.1 cm³/mol. The summed E-state index contributed by atoms with van der Waals surface area (Å²) in [5.74, 6) is -0.741. The number of alkyl halides is 3. The molecule has 21 heavy (non-hydrogen) atoms. The van der Waals surface area contributed by atoms with E-state index in [0.717, 1.165) is 32.4 Å². The monoisotopic (exact) mass is 326 g/mol. The average molecular weight is 326 g/mol. The van der Waals surface area contributed by atoms with Crippen LogP contribution in [0.2, 0.25) is 0 Å². The number of nitrogens with zero attached hydrogens (tertiary/aromatic N) is 1. The molecule has 0 heterocycles. The van der Waals surface area contributed by atoms with Gasteiger partial charge >= 0.3 is 12.1 Å². The highest BCUT2D eigenvalue weighted by atomic mass is 32.2. The lowest BCUT2D eigenvalue weighted by Gasteiger charge is -2.19. The Labute approximate surface area is 119 Å². The van der Waals surface area contributed by atoms with Crippen LogP contribution in [0.25, 0.3) is 0 Å². The number of ether oxygens (including phenoxy) is 1.